The molecule has 0 heterocycles. The second kappa shape index (κ2) is 8.73. The number of nitrogens with one attached hydrogen (secondary N) is 1. The van der Waals surface area contributed by atoms with E-state index in [9.17, 15) is 9.59 Å². The Morgan fingerprint density at radius 3 is 2.28 bits per heavy atom. The van der Waals surface area contributed by atoms with E-state index in [1.165, 1.54) is 0 Å². The third-order valence-corrected chi connectivity index (χ3v) is 3.47. The number of alkyl carbamates (subject to hydrolysis) is 1. The van der Waals surface area contributed by atoms with Crippen LogP contribution in [0.3, 0.4) is 0 Å². The van der Waals surface area contributed by atoms with Crippen LogP contribution in [-0.2, 0) is 16.1 Å². The summed E-state index contributed by atoms with van der Waals surface area (Å²) in [6, 6.07) is 15.6. The Morgan fingerprint density at radius 1 is 1.04 bits per heavy atom. The number of esters is 1. The van der Waals surface area contributed by atoms with Gasteiger partial charge in [-0.05, 0) is 36.8 Å². The van der Waals surface area contributed by atoms with Gasteiger partial charge in [0.05, 0.1) is 0 Å². The molecule has 1 amide bonds. The van der Waals surface area contributed by atoms with E-state index in [0.717, 1.165) is 11.3 Å². The molecular formula is C19H22N2O4. The smallest absolute Gasteiger partial charge is 0.408 e. The van der Waals surface area contributed by atoms with E-state index in [-0.39, 0.29) is 6.61 Å². The second-order valence-corrected chi connectivity index (χ2v) is 5.74. The third kappa shape index (κ3) is 5.84. The number of carbonyl (C=O) groups excluding carboxylic acids is 2. The topological polar surface area (TPSA) is 67.9 Å². The quantitative estimate of drug-likeness (QED) is 0.646. The summed E-state index contributed by atoms with van der Waals surface area (Å²) in [5.41, 5.74) is 1.87. The molecule has 0 saturated heterocycles. The fourth-order valence-corrected chi connectivity index (χ4v) is 2.02. The summed E-state index contributed by atoms with van der Waals surface area (Å²) in [6.45, 7) is 1.68. The molecule has 0 aliphatic heterocycles. The molecule has 2 aromatic carbocycles. The summed E-state index contributed by atoms with van der Waals surface area (Å²) in [6.07, 6.45) is -0.670. The molecule has 0 spiro atoms. The molecule has 0 bridgehead atoms. The van der Waals surface area contributed by atoms with Crippen LogP contribution in [0, 0.1) is 0 Å². The van der Waals surface area contributed by atoms with Gasteiger partial charge in [-0.3, -0.25) is 0 Å². The van der Waals surface area contributed by atoms with Crippen LogP contribution in [0.4, 0.5) is 10.5 Å². The largest absolute Gasteiger partial charge is 0.445 e. The van der Waals surface area contributed by atoms with Crippen molar-refractivity contribution in [3.05, 3.63) is 60.2 Å². The maximum absolute atomic E-state index is 12.0. The van der Waals surface area contributed by atoms with Crippen LogP contribution in [0.25, 0.3) is 0 Å². The standard InChI is InChI=1S/C19H22N2O4/c1-14(20-19(23)24-13-15-7-5-4-6-8-15)18(22)25-17-11-9-16(10-12-17)21(2)3/h4-12,14H,13H2,1-3H3,(H,20,23)/t14-/m0/s1. The average molecular weight is 342 g/mol. The van der Waals surface area contributed by atoms with Crippen molar-refractivity contribution in [1.29, 1.82) is 0 Å². The van der Waals surface area contributed by atoms with E-state index < -0.39 is 18.1 Å². The van der Waals surface area contributed by atoms with Crippen molar-refractivity contribution in [3.8, 4) is 5.75 Å². The maximum atomic E-state index is 12.0. The summed E-state index contributed by atoms with van der Waals surface area (Å²) < 4.78 is 10.3. The van der Waals surface area contributed by atoms with Gasteiger partial charge in [-0.1, -0.05) is 30.3 Å². The van der Waals surface area contributed by atoms with Crippen LogP contribution in [-0.4, -0.2) is 32.2 Å². The Morgan fingerprint density at radius 2 is 1.68 bits per heavy atom. The van der Waals surface area contributed by atoms with Crippen LogP contribution in [0.1, 0.15) is 12.5 Å². The minimum Gasteiger partial charge on any atom is -0.445 e. The van der Waals surface area contributed by atoms with Gasteiger partial charge in [0, 0.05) is 19.8 Å². The molecule has 0 aliphatic carbocycles. The molecule has 2 aromatic rings. The summed E-state index contributed by atoms with van der Waals surface area (Å²) in [5, 5.41) is 2.46. The first-order chi connectivity index (χ1) is 12.0. The van der Waals surface area contributed by atoms with Crippen LogP contribution in [0.15, 0.2) is 54.6 Å². The number of rotatable bonds is 6. The van der Waals surface area contributed by atoms with Gasteiger partial charge < -0.3 is 19.7 Å². The highest BCUT2D eigenvalue weighted by atomic mass is 16.6. The molecule has 0 saturated carbocycles. The maximum Gasteiger partial charge on any atom is 0.408 e. The minimum atomic E-state index is -0.822. The summed E-state index contributed by atoms with van der Waals surface area (Å²) in [4.78, 5) is 25.7. The SMILES string of the molecule is C[C@H](NC(=O)OCc1ccccc1)C(=O)Oc1ccc(N(C)C)cc1. The number of amides is 1. The number of hydrogen-bond donors (Lipinski definition) is 1. The van der Waals surface area contributed by atoms with Crippen molar-refractivity contribution in [2.24, 2.45) is 0 Å². The first-order valence-electron chi connectivity index (χ1n) is 7.92. The molecule has 0 fully saturated rings. The molecule has 0 unspecified atom stereocenters. The fraction of sp³-hybridized carbons (Fsp3) is 0.263. The van der Waals surface area contributed by atoms with E-state index in [0.29, 0.717) is 5.75 Å². The molecule has 25 heavy (non-hydrogen) atoms. The van der Waals surface area contributed by atoms with Crippen molar-refractivity contribution in [2.75, 3.05) is 19.0 Å². The summed E-state index contributed by atoms with van der Waals surface area (Å²) in [7, 11) is 3.85. The van der Waals surface area contributed by atoms with Gasteiger partial charge in [-0.25, -0.2) is 9.59 Å². The van der Waals surface area contributed by atoms with Crippen LogP contribution >= 0.6 is 0 Å². The number of benzene rings is 2. The van der Waals surface area contributed by atoms with E-state index in [2.05, 4.69) is 5.32 Å². The Hall–Kier alpha value is -3.02. The van der Waals surface area contributed by atoms with Gasteiger partial charge >= 0.3 is 12.1 Å². The highest BCUT2D eigenvalue weighted by Gasteiger charge is 2.18. The Bertz CT molecular complexity index is 699. The zero-order chi connectivity index (χ0) is 18.2. The average Bonchev–Trinajstić information content (AvgIpc) is 2.61. The third-order valence-electron chi connectivity index (χ3n) is 3.47. The normalized spacial score (nSPS) is 11.3. The van der Waals surface area contributed by atoms with E-state index in [1.54, 1.807) is 19.1 Å². The Balaban J connectivity index is 1.80. The molecule has 0 radical (unpaired) electrons. The lowest BCUT2D eigenvalue weighted by Crippen LogP contribution is -2.41. The van der Waals surface area contributed by atoms with Gasteiger partial charge in [0.15, 0.2) is 0 Å². The lowest BCUT2D eigenvalue weighted by molar-refractivity contribution is -0.136. The molecule has 0 aliphatic rings. The summed E-state index contributed by atoms with van der Waals surface area (Å²) in [5.74, 6) is -0.142. The Labute approximate surface area is 147 Å². The van der Waals surface area contributed by atoms with E-state index >= 15 is 0 Å². The van der Waals surface area contributed by atoms with Gasteiger partial charge in [-0.15, -0.1) is 0 Å². The zero-order valence-corrected chi connectivity index (χ0v) is 14.6. The van der Waals surface area contributed by atoms with Crippen LogP contribution in [0.5, 0.6) is 5.75 Å². The highest BCUT2D eigenvalue weighted by molar-refractivity contribution is 5.82. The molecule has 6 nitrogen and oxygen atoms in total. The van der Waals surface area contributed by atoms with Gasteiger partial charge in [0.25, 0.3) is 0 Å². The number of ether oxygens (including phenoxy) is 2. The van der Waals surface area contributed by atoms with Crippen LogP contribution in [0.2, 0.25) is 0 Å². The minimum absolute atomic E-state index is 0.139. The first kappa shape index (κ1) is 18.3. The lowest BCUT2D eigenvalue weighted by Gasteiger charge is -2.15. The van der Waals surface area contributed by atoms with E-state index in [1.807, 2.05) is 61.5 Å². The lowest BCUT2D eigenvalue weighted by atomic mass is 10.2. The van der Waals surface area contributed by atoms with Gasteiger partial charge in [0.2, 0.25) is 0 Å². The molecule has 6 heteroatoms. The molecular weight excluding hydrogens is 320 g/mol. The molecule has 1 atom stereocenters. The van der Waals surface area contributed by atoms with Crippen molar-refractivity contribution < 1.29 is 19.1 Å². The number of hydrogen-bond acceptors (Lipinski definition) is 5. The first-order valence-corrected chi connectivity index (χ1v) is 7.92. The number of anilines is 1. The molecule has 0 aromatic heterocycles. The van der Waals surface area contributed by atoms with Crippen molar-refractivity contribution >= 4 is 17.7 Å². The zero-order valence-electron chi connectivity index (χ0n) is 14.6. The molecule has 2 rings (SSSR count). The molecule has 132 valence electrons. The van der Waals surface area contributed by atoms with E-state index in [4.69, 9.17) is 9.47 Å². The van der Waals surface area contributed by atoms with Crippen molar-refractivity contribution in [3.63, 3.8) is 0 Å². The monoisotopic (exact) mass is 342 g/mol. The fourth-order valence-electron chi connectivity index (χ4n) is 2.02. The Kier molecular flexibility index (Phi) is 6.39. The van der Waals surface area contributed by atoms with Gasteiger partial charge in [-0.2, -0.15) is 0 Å². The second-order valence-electron chi connectivity index (χ2n) is 5.74. The van der Waals surface area contributed by atoms with Crippen molar-refractivity contribution in [2.45, 2.75) is 19.6 Å². The summed E-state index contributed by atoms with van der Waals surface area (Å²) >= 11 is 0. The number of nitrogens with zero attached hydrogens (tertiary/aromatic N) is 1. The van der Waals surface area contributed by atoms with Crippen molar-refractivity contribution in [1.82, 2.24) is 5.32 Å². The molecule has 1 N–H and O–H groups in total. The number of carbonyl (C=O) groups is 2. The van der Waals surface area contributed by atoms with Crippen LogP contribution < -0.4 is 15.0 Å². The van der Waals surface area contributed by atoms with Gasteiger partial charge in [0.1, 0.15) is 18.4 Å². The predicted octanol–water partition coefficient (Wildman–Crippen LogP) is 2.97. The highest BCUT2D eigenvalue weighted by Crippen LogP contribution is 2.17. The predicted molar refractivity (Wildman–Crippen MR) is 95.6 cm³/mol.